The molecule has 1 atom stereocenters. The molecule has 0 aromatic rings. The summed E-state index contributed by atoms with van der Waals surface area (Å²) in [5, 5.41) is 0. The molecule has 1 unspecified atom stereocenters. The summed E-state index contributed by atoms with van der Waals surface area (Å²) < 4.78 is 0. The first kappa shape index (κ1) is 12.4. The number of hydrogen-bond acceptors (Lipinski definition) is 1. The van der Waals surface area contributed by atoms with Gasteiger partial charge in [-0.25, -0.2) is 0 Å². The van der Waals surface area contributed by atoms with E-state index < -0.39 is 0 Å². The van der Waals surface area contributed by atoms with Crippen molar-refractivity contribution in [2.75, 3.05) is 19.6 Å². The second-order valence-corrected chi connectivity index (χ2v) is 6.40. The predicted octanol–water partition coefficient (Wildman–Crippen LogP) is 3.93. The van der Waals surface area contributed by atoms with Crippen molar-refractivity contribution in [1.82, 2.24) is 4.90 Å². The average molecular weight is 223 g/mol. The number of hydrogen-bond donors (Lipinski definition) is 0. The van der Waals surface area contributed by atoms with Crippen molar-refractivity contribution in [3.8, 4) is 0 Å². The van der Waals surface area contributed by atoms with Crippen molar-refractivity contribution in [2.24, 2.45) is 17.3 Å². The van der Waals surface area contributed by atoms with Crippen LogP contribution in [-0.2, 0) is 0 Å². The Morgan fingerprint density at radius 3 is 2.31 bits per heavy atom. The van der Waals surface area contributed by atoms with Crippen molar-refractivity contribution in [3.05, 3.63) is 0 Å². The maximum Gasteiger partial charge on any atom is -0.00134 e. The first-order valence-electron chi connectivity index (χ1n) is 7.41. The van der Waals surface area contributed by atoms with Crippen LogP contribution in [0.5, 0.6) is 0 Å². The fourth-order valence-electron chi connectivity index (χ4n) is 3.76. The molecular weight excluding hydrogens is 194 g/mol. The lowest BCUT2D eigenvalue weighted by molar-refractivity contribution is -0.0342. The van der Waals surface area contributed by atoms with Gasteiger partial charge in [0, 0.05) is 0 Å². The molecule has 0 aromatic heterocycles. The van der Waals surface area contributed by atoms with Gasteiger partial charge in [-0.1, -0.05) is 27.2 Å². The van der Waals surface area contributed by atoms with Crippen molar-refractivity contribution in [2.45, 2.75) is 59.3 Å². The van der Waals surface area contributed by atoms with E-state index in [-0.39, 0.29) is 0 Å². The highest BCUT2D eigenvalue weighted by molar-refractivity contribution is 4.98. The van der Waals surface area contributed by atoms with Crippen LogP contribution in [0.2, 0.25) is 0 Å². The maximum atomic E-state index is 2.67. The predicted molar refractivity (Wildman–Crippen MR) is 70.6 cm³/mol. The lowest BCUT2D eigenvalue weighted by Gasteiger charge is -2.54. The standard InChI is InChI=1S/C15H29N/c1-4-8-16-9-6-15(7-10-16)11-14(12-15)13(3)5-2/h13-14H,4-12H2,1-3H3. The fraction of sp³-hybridized carbons (Fsp3) is 1.00. The van der Waals surface area contributed by atoms with Gasteiger partial charge in [-0.3, -0.25) is 0 Å². The zero-order valence-corrected chi connectivity index (χ0v) is 11.5. The Labute approximate surface area is 102 Å². The molecule has 0 bridgehead atoms. The van der Waals surface area contributed by atoms with Gasteiger partial charge in [-0.15, -0.1) is 0 Å². The molecule has 94 valence electrons. The molecule has 1 saturated carbocycles. The molecule has 1 saturated heterocycles. The zero-order chi connectivity index (χ0) is 11.6. The Bertz CT molecular complexity index is 207. The normalized spacial score (nSPS) is 27.9. The Balaban J connectivity index is 1.74. The van der Waals surface area contributed by atoms with Crippen LogP contribution < -0.4 is 0 Å². The maximum absolute atomic E-state index is 2.67. The Kier molecular flexibility index (Phi) is 3.94. The lowest BCUT2D eigenvalue weighted by atomic mass is 9.54. The minimum absolute atomic E-state index is 0.790. The van der Waals surface area contributed by atoms with E-state index in [1.807, 2.05) is 0 Å². The van der Waals surface area contributed by atoms with E-state index in [1.54, 1.807) is 12.8 Å². The molecule has 1 spiro atoms. The van der Waals surface area contributed by atoms with Gasteiger partial charge in [0.15, 0.2) is 0 Å². The smallest absolute Gasteiger partial charge is 0.00134 e. The molecule has 1 heterocycles. The molecule has 16 heavy (non-hydrogen) atoms. The van der Waals surface area contributed by atoms with Gasteiger partial charge in [0.05, 0.1) is 0 Å². The van der Waals surface area contributed by atoms with Gasteiger partial charge in [0.25, 0.3) is 0 Å². The highest BCUT2D eigenvalue weighted by Gasteiger charge is 2.46. The first-order valence-corrected chi connectivity index (χ1v) is 7.41. The third kappa shape index (κ3) is 2.45. The average Bonchev–Trinajstić information content (AvgIpc) is 2.27. The second kappa shape index (κ2) is 5.08. The molecule has 2 rings (SSSR count). The molecular formula is C15H29N. The molecule has 1 aliphatic carbocycles. The Morgan fingerprint density at radius 2 is 1.81 bits per heavy atom. The van der Waals surface area contributed by atoms with E-state index in [0.717, 1.165) is 17.3 Å². The molecule has 1 aliphatic heterocycles. The van der Waals surface area contributed by atoms with Crippen LogP contribution >= 0.6 is 0 Å². The largest absolute Gasteiger partial charge is 0.303 e. The van der Waals surface area contributed by atoms with E-state index in [0.29, 0.717) is 0 Å². The van der Waals surface area contributed by atoms with Gasteiger partial charge in [0.2, 0.25) is 0 Å². The van der Waals surface area contributed by atoms with Gasteiger partial charge >= 0.3 is 0 Å². The summed E-state index contributed by atoms with van der Waals surface area (Å²) in [6.45, 7) is 11.2. The van der Waals surface area contributed by atoms with Crippen molar-refractivity contribution in [3.63, 3.8) is 0 Å². The summed E-state index contributed by atoms with van der Waals surface area (Å²) >= 11 is 0. The highest BCUT2D eigenvalue weighted by atomic mass is 15.1. The molecule has 0 radical (unpaired) electrons. The molecule has 0 amide bonds. The monoisotopic (exact) mass is 223 g/mol. The number of nitrogens with zero attached hydrogens (tertiary/aromatic N) is 1. The van der Waals surface area contributed by atoms with Gasteiger partial charge in [-0.05, 0) is 69.0 Å². The summed E-state index contributed by atoms with van der Waals surface area (Å²) in [4.78, 5) is 2.67. The van der Waals surface area contributed by atoms with Crippen LogP contribution in [0.1, 0.15) is 59.3 Å². The van der Waals surface area contributed by atoms with Crippen molar-refractivity contribution < 1.29 is 0 Å². The summed E-state index contributed by atoms with van der Waals surface area (Å²) in [5.41, 5.74) is 0.790. The van der Waals surface area contributed by atoms with E-state index in [2.05, 4.69) is 25.7 Å². The molecule has 1 nitrogen and oxygen atoms in total. The van der Waals surface area contributed by atoms with E-state index in [1.165, 1.54) is 45.3 Å². The summed E-state index contributed by atoms with van der Waals surface area (Å²) in [6, 6.07) is 0. The van der Waals surface area contributed by atoms with Crippen molar-refractivity contribution >= 4 is 0 Å². The summed E-state index contributed by atoms with van der Waals surface area (Å²) in [5.74, 6) is 2.03. The second-order valence-electron chi connectivity index (χ2n) is 6.40. The van der Waals surface area contributed by atoms with Crippen LogP contribution in [-0.4, -0.2) is 24.5 Å². The first-order chi connectivity index (χ1) is 7.69. The third-order valence-electron chi connectivity index (χ3n) is 5.30. The van der Waals surface area contributed by atoms with Gasteiger partial charge < -0.3 is 4.90 Å². The topological polar surface area (TPSA) is 3.24 Å². The number of piperidine rings is 1. The molecule has 2 aliphatic rings. The quantitative estimate of drug-likeness (QED) is 0.698. The number of rotatable bonds is 4. The lowest BCUT2D eigenvalue weighted by Crippen LogP contribution is -2.48. The number of likely N-dealkylation sites (tertiary alicyclic amines) is 1. The van der Waals surface area contributed by atoms with E-state index in [4.69, 9.17) is 0 Å². The van der Waals surface area contributed by atoms with E-state index in [9.17, 15) is 0 Å². The molecule has 2 fully saturated rings. The van der Waals surface area contributed by atoms with Crippen LogP contribution in [0.4, 0.5) is 0 Å². The van der Waals surface area contributed by atoms with Crippen LogP contribution in [0, 0.1) is 17.3 Å². The Hall–Kier alpha value is -0.0400. The van der Waals surface area contributed by atoms with Crippen molar-refractivity contribution in [1.29, 1.82) is 0 Å². The minimum Gasteiger partial charge on any atom is -0.303 e. The molecule has 0 aromatic carbocycles. The van der Waals surface area contributed by atoms with Crippen LogP contribution in [0.3, 0.4) is 0 Å². The zero-order valence-electron chi connectivity index (χ0n) is 11.5. The van der Waals surface area contributed by atoms with Crippen LogP contribution in [0.25, 0.3) is 0 Å². The fourth-order valence-corrected chi connectivity index (χ4v) is 3.76. The van der Waals surface area contributed by atoms with Gasteiger partial charge in [0.1, 0.15) is 0 Å². The molecule has 0 N–H and O–H groups in total. The van der Waals surface area contributed by atoms with Gasteiger partial charge in [-0.2, -0.15) is 0 Å². The third-order valence-corrected chi connectivity index (χ3v) is 5.30. The Morgan fingerprint density at radius 1 is 1.19 bits per heavy atom. The SMILES string of the molecule is CCCN1CCC2(CC1)CC(C(C)CC)C2. The van der Waals surface area contributed by atoms with E-state index >= 15 is 0 Å². The molecule has 1 heteroatoms. The van der Waals surface area contributed by atoms with Crippen LogP contribution in [0.15, 0.2) is 0 Å². The minimum atomic E-state index is 0.790. The summed E-state index contributed by atoms with van der Waals surface area (Å²) in [6.07, 6.45) is 8.76. The summed E-state index contributed by atoms with van der Waals surface area (Å²) in [7, 11) is 0. The highest BCUT2D eigenvalue weighted by Crippen LogP contribution is 2.55.